The van der Waals surface area contributed by atoms with Gasteiger partial charge in [-0.25, -0.2) is 8.42 Å². The lowest BCUT2D eigenvalue weighted by molar-refractivity contribution is 0.0886. The minimum Gasteiger partial charge on any atom is -0.326 e. The van der Waals surface area contributed by atoms with Crippen molar-refractivity contribution in [2.24, 2.45) is 5.73 Å². The first-order valence-electron chi connectivity index (χ1n) is 7.62. The van der Waals surface area contributed by atoms with Crippen molar-refractivity contribution in [3.8, 4) is 0 Å². The molecule has 2 aliphatic rings. The van der Waals surface area contributed by atoms with Crippen molar-refractivity contribution < 1.29 is 8.42 Å². The lowest BCUT2D eigenvalue weighted by Crippen LogP contribution is -2.57. The average Bonchev–Trinajstić information content (AvgIpc) is 2.99. The van der Waals surface area contributed by atoms with Crippen LogP contribution in [0.1, 0.15) is 51.4 Å². The molecular weight excluding hydrogens is 260 g/mol. The molecule has 1 heterocycles. The number of rotatable bonds is 6. The Labute approximate surface area is 117 Å². The van der Waals surface area contributed by atoms with Gasteiger partial charge in [-0.05, 0) is 51.6 Å². The minimum atomic E-state index is -2.85. The van der Waals surface area contributed by atoms with Crippen molar-refractivity contribution in [2.45, 2.75) is 62.9 Å². The molecule has 4 nitrogen and oxygen atoms in total. The molecule has 2 N–H and O–H groups in total. The predicted molar refractivity (Wildman–Crippen MR) is 78.9 cm³/mol. The van der Waals surface area contributed by atoms with E-state index in [1.54, 1.807) is 0 Å². The molecule has 112 valence electrons. The third kappa shape index (κ3) is 3.70. The summed E-state index contributed by atoms with van der Waals surface area (Å²) in [6, 6.07) is 0.134. The normalized spacial score (nSPS) is 25.8. The van der Waals surface area contributed by atoms with E-state index >= 15 is 0 Å². The first-order chi connectivity index (χ1) is 8.94. The second-order valence-corrected chi connectivity index (χ2v) is 8.64. The number of hydrogen-bond donors (Lipinski definition) is 1. The molecule has 0 radical (unpaired) electrons. The smallest absolute Gasteiger partial charge is 0.147 e. The van der Waals surface area contributed by atoms with E-state index in [4.69, 9.17) is 5.73 Å². The van der Waals surface area contributed by atoms with Crippen LogP contribution < -0.4 is 5.73 Å². The number of likely N-dealkylation sites (tertiary alicyclic amines) is 1. The Morgan fingerprint density at radius 2 is 1.74 bits per heavy atom. The summed E-state index contributed by atoms with van der Waals surface area (Å²) in [5, 5.41) is 0. The van der Waals surface area contributed by atoms with E-state index in [9.17, 15) is 8.42 Å². The standard InChI is InChI=1S/C14H28N2O2S/c1-19(17,18)12-6-7-13(15)14(8-2-3-9-14)16-10-4-5-11-16/h13H,2-12,15H2,1H3. The average molecular weight is 288 g/mol. The molecule has 1 aliphatic carbocycles. The van der Waals surface area contributed by atoms with Gasteiger partial charge in [-0.15, -0.1) is 0 Å². The molecule has 1 unspecified atom stereocenters. The Balaban J connectivity index is 1.94. The maximum atomic E-state index is 11.2. The Morgan fingerprint density at radius 3 is 2.26 bits per heavy atom. The van der Waals surface area contributed by atoms with Gasteiger partial charge >= 0.3 is 0 Å². The molecule has 0 spiro atoms. The molecule has 5 heteroatoms. The van der Waals surface area contributed by atoms with Gasteiger partial charge in [0, 0.05) is 23.6 Å². The predicted octanol–water partition coefficient (Wildman–Crippen LogP) is 1.55. The molecule has 2 rings (SSSR count). The Morgan fingerprint density at radius 1 is 1.16 bits per heavy atom. The van der Waals surface area contributed by atoms with Gasteiger partial charge in [0.1, 0.15) is 9.84 Å². The van der Waals surface area contributed by atoms with Crippen LogP contribution in [0.5, 0.6) is 0 Å². The van der Waals surface area contributed by atoms with Crippen LogP contribution in [0.4, 0.5) is 0 Å². The van der Waals surface area contributed by atoms with Crippen molar-refractivity contribution in [1.82, 2.24) is 4.90 Å². The summed E-state index contributed by atoms with van der Waals surface area (Å²) in [6.45, 7) is 2.36. The summed E-state index contributed by atoms with van der Waals surface area (Å²) in [4.78, 5) is 2.60. The SMILES string of the molecule is CS(=O)(=O)CCCC(N)C1(N2CCCC2)CCCC1. The van der Waals surface area contributed by atoms with Gasteiger partial charge in [-0.1, -0.05) is 12.8 Å². The van der Waals surface area contributed by atoms with Gasteiger partial charge in [0.25, 0.3) is 0 Å². The lowest BCUT2D eigenvalue weighted by atomic mass is 9.84. The summed E-state index contributed by atoms with van der Waals surface area (Å²) in [5.74, 6) is 0.275. The molecule has 0 amide bonds. The summed E-state index contributed by atoms with van der Waals surface area (Å²) in [5.41, 5.74) is 6.66. The first-order valence-corrected chi connectivity index (χ1v) is 9.68. The van der Waals surface area contributed by atoms with Gasteiger partial charge in [-0.3, -0.25) is 4.90 Å². The van der Waals surface area contributed by atoms with Crippen molar-refractivity contribution >= 4 is 9.84 Å². The largest absolute Gasteiger partial charge is 0.326 e. The fourth-order valence-corrected chi connectivity index (χ4v) is 4.60. The molecule has 0 aromatic rings. The highest BCUT2D eigenvalue weighted by Crippen LogP contribution is 2.40. The van der Waals surface area contributed by atoms with E-state index < -0.39 is 9.84 Å². The maximum absolute atomic E-state index is 11.2. The number of sulfone groups is 1. The molecule has 1 saturated heterocycles. The van der Waals surface area contributed by atoms with E-state index in [0.717, 1.165) is 6.42 Å². The second-order valence-electron chi connectivity index (χ2n) is 6.38. The Bertz CT molecular complexity index is 382. The highest BCUT2D eigenvalue weighted by Gasteiger charge is 2.44. The lowest BCUT2D eigenvalue weighted by Gasteiger charge is -2.43. The van der Waals surface area contributed by atoms with Crippen LogP contribution in [-0.2, 0) is 9.84 Å². The zero-order valence-electron chi connectivity index (χ0n) is 12.1. The quantitative estimate of drug-likeness (QED) is 0.805. The molecule has 1 aliphatic heterocycles. The molecule has 1 atom stereocenters. The second kappa shape index (κ2) is 6.10. The number of hydrogen-bond acceptors (Lipinski definition) is 4. The van der Waals surface area contributed by atoms with Crippen molar-refractivity contribution in [3.05, 3.63) is 0 Å². The highest BCUT2D eigenvalue weighted by atomic mass is 32.2. The Kier molecular flexibility index (Phi) is 4.90. The zero-order chi connectivity index (χ0) is 13.9. The summed E-state index contributed by atoms with van der Waals surface area (Å²) in [6.07, 6.45) is 10.4. The van der Waals surface area contributed by atoms with Crippen LogP contribution >= 0.6 is 0 Å². The molecule has 2 fully saturated rings. The molecule has 0 aromatic carbocycles. The van der Waals surface area contributed by atoms with Crippen LogP contribution in [0.2, 0.25) is 0 Å². The summed E-state index contributed by atoms with van der Waals surface area (Å²) >= 11 is 0. The van der Waals surface area contributed by atoms with Gasteiger partial charge in [0.2, 0.25) is 0 Å². The minimum absolute atomic E-state index is 0.134. The summed E-state index contributed by atoms with van der Waals surface area (Å²) < 4.78 is 22.4. The van der Waals surface area contributed by atoms with Crippen LogP contribution in [0, 0.1) is 0 Å². The van der Waals surface area contributed by atoms with Crippen molar-refractivity contribution in [2.75, 3.05) is 25.1 Å². The monoisotopic (exact) mass is 288 g/mol. The van der Waals surface area contributed by atoms with Gasteiger partial charge in [0.15, 0.2) is 0 Å². The fourth-order valence-electron chi connectivity index (χ4n) is 3.91. The summed E-state index contributed by atoms with van der Waals surface area (Å²) in [7, 11) is -2.85. The van der Waals surface area contributed by atoms with Crippen LogP contribution in [0.25, 0.3) is 0 Å². The van der Waals surface area contributed by atoms with Crippen LogP contribution in [-0.4, -0.2) is 50.0 Å². The van der Waals surface area contributed by atoms with E-state index in [0.29, 0.717) is 6.42 Å². The van der Waals surface area contributed by atoms with E-state index in [1.807, 2.05) is 0 Å². The van der Waals surface area contributed by atoms with Crippen molar-refractivity contribution in [1.29, 1.82) is 0 Å². The zero-order valence-corrected chi connectivity index (χ0v) is 12.9. The van der Waals surface area contributed by atoms with Crippen LogP contribution in [0.15, 0.2) is 0 Å². The topological polar surface area (TPSA) is 63.4 Å². The number of nitrogens with zero attached hydrogens (tertiary/aromatic N) is 1. The third-order valence-corrected chi connectivity index (χ3v) is 5.96. The van der Waals surface area contributed by atoms with E-state index in [1.165, 1.54) is 57.9 Å². The molecule has 0 bridgehead atoms. The van der Waals surface area contributed by atoms with E-state index in [2.05, 4.69) is 4.90 Å². The molecular formula is C14H28N2O2S. The molecule has 1 saturated carbocycles. The highest BCUT2D eigenvalue weighted by molar-refractivity contribution is 7.90. The molecule has 0 aromatic heterocycles. The first kappa shape index (κ1) is 15.3. The van der Waals surface area contributed by atoms with Gasteiger partial charge in [-0.2, -0.15) is 0 Å². The van der Waals surface area contributed by atoms with Gasteiger partial charge < -0.3 is 5.73 Å². The Hall–Kier alpha value is -0.130. The maximum Gasteiger partial charge on any atom is 0.147 e. The van der Waals surface area contributed by atoms with Gasteiger partial charge in [0.05, 0.1) is 0 Å². The third-order valence-electron chi connectivity index (χ3n) is 4.93. The fraction of sp³-hybridized carbons (Fsp3) is 1.00. The van der Waals surface area contributed by atoms with E-state index in [-0.39, 0.29) is 17.3 Å². The number of nitrogens with two attached hydrogens (primary N) is 1. The molecule has 19 heavy (non-hydrogen) atoms. The van der Waals surface area contributed by atoms with Crippen LogP contribution in [0.3, 0.4) is 0 Å². The van der Waals surface area contributed by atoms with Crippen molar-refractivity contribution in [3.63, 3.8) is 0 Å².